The lowest BCUT2D eigenvalue weighted by molar-refractivity contribution is -0.137. The van der Waals surface area contributed by atoms with Crippen LogP contribution in [0, 0.1) is 0 Å². The van der Waals surface area contributed by atoms with Gasteiger partial charge in [0, 0.05) is 21.7 Å². The van der Waals surface area contributed by atoms with Crippen LogP contribution in [-0.2, 0) is 19.2 Å². The summed E-state index contributed by atoms with van der Waals surface area (Å²) in [7, 11) is 1.50. The van der Waals surface area contributed by atoms with Gasteiger partial charge in [0.05, 0.1) is 29.8 Å². The molecule has 5 rings (SSSR count). The highest BCUT2D eigenvalue weighted by atomic mass is 35.5. The third-order valence-corrected chi connectivity index (χ3v) is 6.96. The summed E-state index contributed by atoms with van der Waals surface area (Å²) in [5.74, 6) is 0.868. The van der Waals surface area contributed by atoms with Gasteiger partial charge in [0.1, 0.15) is 6.61 Å². The van der Waals surface area contributed by atoms with Gasteiger partial charge < -0.3 is 9.47 Å². The van der Waals surface area contributed by atoms with Crippen LogP contribution in [0.2, 0.25) is 5.02 Å². The highest BCUT2D eigenvalue weighted by molar-refractivity contribution is 6.31. The van der Waals surface area contributed by atoms with Gasteiger partial charge in [0.15, 0.2) is 17.3 Å². The van der Waals surface area contributed by atoms with Gasteiger partial charge in [0.25, 0.3) is 5.56 Å². The molecule has 1 aromatic heterocycles. The van der Waals surface area contributed by atoms with E-state index < -0.39 is 17.3 Å². The average Bonchev–Trinajstić information content (AvgIpc) is 3.00. The number of nitrogens with zero attached hydrogens (tertiary/aromatic N) is 3. The third kappa shape index (κ3) is 6.47. The summed E-state index contributed by atoms with van der Waals surface area (Å²) in [6, 6.07) is 22.0. The van der Waals surface area contributed by atoms with Gasteiger partial charge in [-0.2, -0.15) is 22.9 Å². The van der Waals surface area contributed by atoms with Gasteiger partial charge in [-0.05, 0) is 54.4 Å². The number of methoxy groups -OCH3 is 1. The molecule has 0 aliphatic carbocycles. The fraction of sp³-hybridized carbons (Fsp3) is 0.121. The molecule has 0 aliphatic rings. The van der Waals surface area contributed by atoms with Crippen molar-refractivity contribution < 1.29 is 22.6 Å². The maximum Gasteiger partial charge on any atom is 0.416 e. The first-order chi connectivity index (χ1) is 20.7. The summed E-state index contributed by atoms with van der Waals surface area (Å²) in [5.41, 5.74) is 1.11. The molecule has 0 N–H and O–H groups in total. The molecule has 6 nitrogen and oxygen atoms in total. The van der Waals surface area contributed by atoms with E-state index in [0.29, 0.717) is 34.0 Å². The summed E-state index contributed by atoms with van der Waals surface area (Å²) in [6.07, 6.45) is -1.01. The van der Waals surface area contributed by atoms with Crippen molar-refractivity contribution in [2.24, 2.45) is 5.10 Å². The van der Waals surface area contributed by atoms with Crippen LogP contribution in [-0.4, -0.2) is 23.0 Å². The molecular formula is C33H25ClF3N3O3. The number of fused-ring (bicyclic) bond motifs is 1. The van der Waals surface area contributed by atoms with Gasteiger partial charge in [-0.1, -0.05) is 60.1 Å². The Labute approximate surface area is 250 Å². The number of aromatic nitrogens is 2. The fourth-order valence-electron chi connectivity index (χ4n) is 4.52. The molecule has 0 saturated carbocycles. The summed E-state index contributed by atoms with van der Waals surface area (Å²) in [6.45, 7) is 4.03. The molecule has 0 saturated heterocycles. The van der Waals surface area contributed by atoms with Gasteiger partial charge in [-0.15, -0.1) is 6.58 Å². The Morgan fingerprint density at radius 1 is 1.00 bits per heavy atom. The Morgan fingerprint density at radius 3 is 2.51 bits per heavy atom. The van der Waals surface area contributed by atoms with Crippen LogP contribution in [0.15, 0.2) is 107 Å². The van der Waals surface area contributed by atoms with Crippen molar-refractivity contribution in [2.45, 2.75) is 19.2 Å². The quantitative estimate of drug-likeness (QED) is 0.127. The standard InChI is InChI=1S/C33H25ClF3N3O3/c1-3-9-22-16-21(17-29(42-2)30(22)43-20-24-10-4-6-14-27(24)34)19-38-40-31(23-11-8-12-25(18-23)33(35,36)37)39-28-15-7-5-13-26(28)32(40)41/h3-8,10-19H,1,9,20H2,2H3. The zero-order chi connectivity index (χ0) is 30.6. The number of halogens is 4. The monoisotopic (exact) mass is 603 g/mol. The minimum atomic E-state index is -4.57. The Morgan fingerprint density at radius 2 is 1.77 bits per heavy atom. The lowest BCUT2D eigenvalue weighted by Crippen LogP contribution is -2.20. The maximum atomic E-state index is 13.5. The number of hydrogen-bond donors (Lipinski definition) is 0. The fourth-order valence-corrected chi connectivity index (χ4v) is 4.71. The average molecular weight is 604 g/mol. The van der Waals surface area contributed by atoms with Crippen molar-refractivity contribution in [2.75, 3.05) is 7.11 Å². The zero-order valence-corrected chi connectivity index (χ0v) is 23.7. The van der Waals surface area contributed by atoms with Crippen LogP contribution in [0.4, 0.5) is 13.2 Å². The topological polar surface area (TPSA) is 65.7 Å². The summed E-state index contributed by atoms with van der Waals surface area (Å²) in [4.78, 5) is 18.0. The molecule has 0 unspecified atom stereocenters. The van der Waals surface area contributed by atoms with Crippen LogP contribution < -0.4 is 15.0 Å². The van der Waals surface area contributed by atoms with E-state index in [-0.39, 0.29) is 23.4 Å². The smallest absolute Gasteiger partial charge is 0.416 e. The minimum Gasteiger partial charge on any atom is -0.493 e. The number of rotatable bonds is 9. The van der Waals surface area contributed by atoms with Crippen LogP contribution >= 0.6 is 11.6 Å². The Balaban J connectivity index is 1.59. The van der Waals surface area contributed by atoms with E-state index in [9.17, 15) is 18.0 Å². The predicted octanol–water partition coefficient (Wildman–Crippen LogP) is 7.93. The SMILES string of the molecule is C=CCc1cc(C=Nn2c(-c3cccc(C(F)(F)F)c3)nc3ccccc3c2=O)cc(OC)c1OCc1ccccc1Cl. The van der Waals surface area contributed by atoms with E-state index in [2.05, 4.69) is 16.7 Å². The van der Waals surface area contributed by atoms with E-state index in [1.165, 1.54) is 25.5 Å². The molecule has 0 fully saturated rings. The van der Waals surface area contributed by atoms with Gasteiger partial charge in [0.2, 0.25) is 0 Å². The molecule has 0 aliphatic heterocycles. The molecule has 5 aromatic rings. The zero-order valence-electron chi connectivity index (χ0n) is 22.9. The highest BCUT2D eigenvalue weighted by Crippen LogP contribution is 2.35. The van der Waals surface area contributed by atoms with Crippen LogP contribution in [0.3, 0.4) is 0 Å². The largest absolute Gasteiger partial charge is 0.493 e. The lowest BCUT2D eigenvalue weighted by atomic mass is 10.1. The molecule has 0 bridgehead atoms. The maximum absolute atomic E-state index is 13.5. The number of hydrogen-bond acceptors (Lipinski definition) is 5. The highest BCUT2D eigenvalue weighted by Gasteiger charge is 2.31. The molecule has 0 spiro atoms. The van der Waals surface area contributed by atoms with E-state index in [1.807, 2.05) is 18.2 Å². The molecule has 4 aromatic carbocycles. The first kappa shape index (κ1) is 29.6. The molecule has 0 amide bonds. The second kappa shape index (κ2) is 12.5. The summed E-state index contributed by atoms with van der Waals surface area (Å²) < 4.78 is 53.3. The number of para-hydroxylation sites is 1. The lowest BCUT2D eigenvalue weighted by Gasteiger charge is -2.16. The van der Waals surface area contributed by atoms with Gasteiger partial charge >= 0.3 is 6.18 Å². The van der Waals surface area contributed by atoms with E-state index in [4.69, 9.17) is 21.1 Å². The third-order valence-electron chi connectivity index (χ3n) is 6.59. The number of alkyl halides is 3. The first-order valence-electron chi connectivity index (χ1n) is 13.1. The van der Waals surface area contributed by atoms with Crippen molar-refractivity contribution >= 4 is 28.7 Å². The van der Waals surface area contributed by atoms with Crippen molar-refractivity contribution in [1.82, 2.24) is 9.66 Å². The second-order valence-corrected chi connectivity index (χ2v) is 9.88. The van der Waals surface area contributed by atoms with Crippen LogP contribution in [0.25, 0.3) is 22.3 Å². The molecule has 0 atom stereocenters. The molecule has 10 heteroatoms. The van der Waals surface area contributed by atoms with Crippen LogP contribution in [0.1, 0.15) is 22.3 Å². The minimum absolute atomic E-state index is 0.0379. The van der Waals surface area contributed by atoms with Crippen molar-refractivity contribution in [3.05, 3.63) is 135 Å². The summed E-state index contributed by atoms with van der Waals surface area (Å²) in [5, 5.41) is 5.24. The van der Waals surface area contributed by atoms with Gasteiger partial charge in [-0.3, -0.25) is 4.79 Å². The molecule has 0 radical (unpaired) electrons. The molecular weight excluding hydrogens is 579 g/mol. The second-order valence-electron chi connectivity index (χ2n) is 9.48. The molecule has 218 valence electrons. The predicted molar refractivity (Wildman–Crippen MR) is 162 cm³/mol. The normalized spacial score (nSPS) is 11.7. The van der Waals surface area contributed by atoms with E-state index in [0.717, 1.165) is 27.9 Å². The number of benzene rings is 4. The molecule has 43 heavy (non-hydrogen) atoms. The van der Waals surface area contributed by atoms with Crippen LogP contribution in [0.5, 0.6) is 11.5 Å². The Hall–Kier alpha value is -4.89. The van der Waals surface area contributed by atoms with Crippen molar-refractivity contribution in [3.8, 4) is 22.9 Å². The number of ether oxygens (including phenoxy) is 2. The first-order valence-corrected chi connectivity index (χ1v) is 13.5. The van der Waals surface area contributed by atoms with Gasteiger partial charge in [-0.25, -0.2) is 4.98 Å². The van der Waals surface area contributed by atoms with Crippen molar-refractivity contribution in [3.63, 3.8) is 0 Å². The molecule has 1 heterocycles. The Kier molecular flexibility index (Phi) is 8.63. The van der Waals surface area contributed by atoms with E-state index in [1.54, 1.807) is 48.5 Å². The van der Waals surface area contributed by atoms with Crippen molar-refractivity contribution in [1.29, 1.82) is 0 Å². The Bertz CT molecular complexity index is 1900. The number of allylic oxidation sites excluding steroid dienone is 1. The summed E-state index contributed by atoms with van der Waals surface area (Å²) >= 11 is 6.29. The van der Waals surface area contributed by atoms with E-state index >= 15 is 0 Å².